The van der Waals surface area contributed by atoms with E-state index in [4.69, 9.17) is 9.47 Å². The summed E-state index contributed by atoms with van der Waals surface area (Å²) in [6.45, 7) is 5.76. The van der Waals surface area contributed by atoms with Gasteiger partial charge < -0.3 is 14.6 Å². The van der Waals surface area contributed by atoms with Gasteiger partial charge in [-0.25, -0.2) is 4.79 Å². The first kappa shape index (κ1) is 10.2. The Balaban J connectivity index is 2.43. The zero-order valence-corrected chi connectivity index (χ0v) is 8.60. The van der Waals surface area contributed by atoms with E-state index < -0.39 is 11.6 Å². The Morgan fingerprint density at radius 3 is 3.13 bits per heavy atom. The van der Waals surface area contributed by atoms with Gasteiger partial charge in [0.1, 0.15) is 17.3 Å². The van der Waals surface area contributed by atoms with E-state index in [1.807, 2.05) is 6.92 Å². The molecule has 0 aromatic rings. The molecule has 4 nitrogen and oxygen atoms in total. The minimum absolute atomic E-state index is 0.179. The van der Waals surface area contributed by atoms with E-state index in [0.29, 0.717) is 6.42 Å². The fourth-order valence-electron chi connectivity index (χ4n) is 2.22. The van der Waals surface area contributed by atoms with E-state index in [0.717, 1.165) is 0 Å². The smallest absolute Gasteiger partial charge is 0.340 e. The highest BCUT2D eigenvalue weighted by molar-refractivity contribution is 5.91. The molecule has 0 aliphatic carbocycles. The summed E-state index contributed by atoms with van der Waals surface area (Å²) >= 11 is 0. The quantitative estimate of drug-likeness (QED) is 0.513. The molecule has 3 atom stereocenters. The van der Waals surface area contributed by atoms with E-state index in [2.05, 4.69) is 6.58 Å². The first-order chi connectivity index (χ1) is 7.09. The van der Waals surface area contributed by atoms with Crippen LogP contribution in [0.4, 0.5) is 0 Å². The maximum absolute atomic E-state index is 11.4. The van der Waals surface area contributed by atoms with Crippen LogP contribution in [0.25, 0.3) is 0 Å². The van der Waals surface area contributed by atoms with Crippen LogP contribution in [-0.4, -0.2) is 29.4 Å². The summed E-state index contributed by atoms with van der Waals surface area (Å²) in [7, 11) is 0. The highest BCUT2D eigenvalue weighted by Gasteiger charge is 2.50. The molecule has 0 radical (unpaired) electrons. The van der Waals surface area contributed by atoms with Crippen LogP contribution >= 0.6 is 0 Å². The number of esters is 1. The first-order valence-corrected chi connectivity index (χ1v) is 4.98. The molecule has 0 amide bonds. The Morgan fingerprint density at radius 1 is 1.73 bits per heavy atom. The van der Waals surface area contributed by atoms with Gasteiger partial charge in [0, 0.05) is 12.3 Å². The predicted molar refractivity (Wildman–Crippen MR) is 52.8 cm³/mol. The SMILES string of the molecule is C=CC1[C@H](C)OC=C2C(=O)OCC[C@]21O. The molecule has 1 N–H and O–H groups in total. The first-order valence-electron chi connectivity index (χ1n) is 4.98. The van der Waals surface area contributed by atoms with Crippen molar-refractivity contribution in [2.75, 3.05) is 6.61 Å². The lowest BCUT2D eigenvalue weighted by molar-refractivity contribution is -0.156. The minimum atomic E-state index is -1.17. The van der Waals surface area contributed by atoms with Crippen molar-refractivity contribution in [1.29, 1.82) is 0 Å². The van der Waals surface area contributed by atoms with E-state index in [9.17, 15) is 9.90 Å². The third-order valence-corrected chi connectivity index (χ3v) is 3.11. The van der Waals surface area contributed by atoms with E-state index in [1.54, 1.807) is 6.08 Å². The third kappa shape index (κ3) is 1.36. The van der Waals surface area contributed by atoms with E-state index in [-0.39, 0.29) is 24.2 Å². The van der Waals surface area contributed by atoms with Crippen LogP contribution < -0.4 is 0 Å². The molecule has 82 valence electrons. The number of hydrogen-bond acceptors (Lipinski definition) is 4. The molecule has 2 rings (SSSR count). The lowest BCUT2D eigenvalue weighted by Gasteiger charge is -2.43. The van der Waals surface area contributed by atoms with Crippen LogP contribution in [0.5, 0.6) is 0 Å². The van der Waals surface area contributed by atoms with Crippen molar-refractivity contribution in [3.05, 3.63) is 24.5 Å². The van der Waals surface area contributed by atoms with Crippen LogP contribution in [0.15, 0.2) is 24.5 Å². The number of cyclic esters (lactones) is 1. The van der Waals surface area contributed by atoms with Gasteiger partial charge in [0.2, 0.25) is 0 Å². The predicted octanol–water partition coefficient (Wildman–Crippen LogP) is 0.769. The van der Waals surface area contributed by atoms with Crippen LogP contribution in [0.1, 0.15) is 13.3 Å². The second kappa shape index (κ2) is 3.38. The highest BCUT2D eigenvalue weighted by Crippen LogP contribution is 2.40. The minimum Gasteiger partial charge on any atom is -0.497 e. The average molecular weight is 210 g/mol. The zero-order chi connectivity index (χ0) is 11.1. The molecule has 1 unspecified atom stereocenters. The van der Waals surface area contributed by atoms with Gasteiger partial charge in [-0.1, -0.05) is 6.08 Å². The normalized spacial score (nSPS) is 39.6. The van der Waals surface area contributed by atoms with Gasteiger partial charge in [-0.2, -0.15) is 0 Å². The molecular weight excluding hydrogens is 196 g/mol. The summed E-state index contributed by atoms with van der Waals surface area (Å²) in [4.78, 5) is 11.4. The number of fused-ring (bicyclic) bond motifs is 1. The topological polar surface area (TPSA) is 55.8 Å². The fourth-order valence-corrected chi connectivity index (χ4v) is 2.22. The van der Waals surface area contributed by atoms with Crippen molar-refractivity contribution < 1.29 is 19.4 Å². The molecule has 2 heterocycles. The molecule has 0 aromatic carbocycles. The van der Waals surface area contributed by atoms with Crippen molar-refractivity contribution in [2.45, 2.75) is 25.0 Å². The maximum atomic E-state index is 11.4. The zero-order valence-electron chi connectivity index (χ0n) is 8.60. The Bertz CT molecular complexity index is 333. The van der Waals surface area contributed by atoms with E-state index >= 15 is 0 Å². The Hall–Kier alpha value is -1.29. The van der Waals surface area contributed by atoms with Crippen LogP contribution in [-0.2, 0) is 14.3 Å². The molecule has 0 bridgehead atoms. The maximum Gasteiger partial charge on any atom is 0.340 e. The fraction of sp³-hybridized carbons (Fsp3) is 0.545. The van der Waals surface area contributed by atoms with Gasteiger partial charge in [0.05, 0.1) is 12.9 Å². The standard InChI is InChI=1S/C11H14O4/c1-3-8-7(2)15-6-9-10(12)14-5-4-11(8,9)13/h3,6-8,13H,1,4-5H2,2H3/t7-,8?,11+/m0/s1. The number of carbonyl (C=O) groups excluding carboxylic acids is 1. The second-order valence-electron chi connectivity index (χ2n) is 3.94. The highest BCUT2D eigenvalue weighted by atomic mass is 16.5. The number of rotatable bonds is 1. The van der Waals surface area contributed by atoms with Gasteiger partial charge >= 0.3 is 5.97 Å². The number of hydrogen-bond donors (Lipinski definition) is 1. The lowest BCUT2D eigenvalue weighted by Crippen LogP contribution is -2.52. The van der Waals surface area contributed by atoms with Crippen molar-refractivity contribution in [2.24, 2.45) is 5.92 Å². The number of carbonyl (C=O) groups is 1. The molecule has 15 heavy (non-hydrogen) atoms. The molecule has 1 fully saturated rings. The molecule has 0 aromatic heterocycles. The van der Waals surface area contributed by atoms with Gasteiger partial charge in [-0.15, -0.1) is 6.58 Å². The van der Waals surface area contributed by atoms with Crippen LogP contribution in [0, 0.1) is 5.92 Å². The van der Waals surface area contributed by atoms with Crippen molar-refractivity contribution in [3.63, 3.8) is 0 Å². The van der Waals surface area contributed by atoms with Crippen molar-refractivity contribution in [3.8, 4) is 0 Å². The molecule has 2 aliphatic heterocycles. The Kier molecular flexibility index (Phi) is 2.31. The third-order valence-electron chi connectivity index (χ3n) is 3.11. The molecule has 2 aliphatic rings. The summed E-state index contributed by atoms with van der Waals surface area (Å²) in [5, 5.41) is 10.5. The summed E-state index contributed by atoms with van der Waals surface area (Å²) in [5.41, 5.74) is -0.967. The monoisotopic (exact) mass is 210 g/mol. The second-order valence-corrected chi connectivity index (χ2v) is 3.94. The van der Waals surface area contributed by atoms with Gasteiger partial charge in [0.25, 0.3) is 0 Å². The summed E-state index contributed by atoms with van der Waals surface area (Å²) in [6, 6.07) is 0. The van der Waals surface area contributed by atoms with Crippen molar-refractivity contribution in [1.82, 2.24) is 0 Å². The molecular formula is C11H14O4. The Labute approximate surface area is 88.2 Å². The van der Waals surface area contributed by atoms with Crippen molar-refractivity contribution >= 4 is 5.97 Å². The summed E-state index contributed by atoms with van der Waals surface area (Å²) < 4.78 is 10.2. The van der Waals surface area contributed by atoms with Gasteiger partial charge in [-0.3, -0.25) is 0 Å². The summed E-state index contributed by atoms with van der Waals surface area (Å²) in [5.74, 6) is -0.771. The Morgan fingerprint density at radius 2 is 2.47 bits per heavy atom. The van der Waals surface area contributed by atoms with Crippen LogP contribution in [0.2, 0.25) is 0 Å². The van der Waals surface area contributed by atoms with Gasteiger partial charge in [0.15, 0.2) is 0 Å². The molecule has 0 saturated carbocycles. The molecule has 0 spiro atoms. The molecule has 1 saturated heterocycles. The average Bonchev–Trinajstić information content (AvgIpc) is 2.17. The number of aliphatic hydroxyl groups is 1. The molecule has 4 heteroatoms. The lowest BCUT2D eigenvalue weighted by atomic mass is 9.74. The van der Waals surface area contributed by atoms with Crippen LogP contribution in [0.3, 0.4) is 0 Å². The van der Waals surface area contributed by atoms with E-state index in [1.165, 1.54) is 6.26 Å². The number of ether oxygens (including phenoxy) is 2. The van der Waals surface area contributed by atoms with Gasteiger partial charge in [-0.05, 0) is 6.92 Å². The summed E-state index contributed by atoms with van der Waals surface area (Å²) in [6.07, 6.45) is 3.17. The largest absolute Gasteiger partial charge is 0.497 e.